The average molecular weight is 291 g/mol. The summed E-state index contributed by atoms with van der Waals surface area (Å²) in [6.07, 6.45) is 0.262. The number of carbonyl (C=O) groups excluding carboxylic acids is 2. The smallest absolute Gasteiger partial charge is 0.407 e. The van der Waals surface area contributed by atoms with E-state index in [9.17, 15) is 9.59 Å². The standard InChI is InChI=1S/C15H21N3O3/c1-11(16)14(19)18-8-7-13(9-18)17-15(20)21-10-12-5-3-2-4-6-12/h2-6,11,13H,7-10,16H2,1H3,(H,17,20)/t11-,13-/m0/s1. The summed E-state index contributed by atoms with van der Waals surface area (Å²) in [5.41, 5.74) is 6.51. The van der Waals surface area contributed by atoms with Crippen molar-refractivity contribution in [3.05, 3.63) is 35.9 Å². The summed E-state index contributed by atoms with van der Waals surface area (Å²) < 4.78 is 5.15. The zero-order valence-electron chi connectivity index (χ0n) is 12.1. The molecule has 0 radical (unpaired) electrons. The summed E-state index contributed by atoms with van der Waals surface area (Å²) in [5.74, 6) is -0.0862. The molecule has 6 heteroatoms. The Hall–Kier alpha value is -2.08. The van der Waals surface area contributed by atoms with Crippen LogP contribution in [0.15, 0.2) is 30.3 Å². The van der Waals surface area contributed by atoms with Crippen LogP contribution in [0.2, 0.25) is 0 Å². The SMILES string of the molecule is C[C@H](N)C(=O)N1CC[C@H](NC(=O)OCc2ccccc2)C1. The van der Waals surface area contributed by atoms with E-state index >= 15 is 0 Å². The number of nitrogens with two attached hydrogens (primary N) is 1. The fraction of sp³-hybridized carbons (Fsp3) is 0.467. The van der Waals surface area contributed by atoms with Crippen molar-refractivity contribution >= 4 is 12.0 Å². The predicted molar refractivity (Wildman–Crippen MR) is 78.4 cm³/mol. The van der Waals surface area contributed by atoms with Crippen LogP contribution in [-0.4, -0.2) is 42.1 Å². The minimum atomic E-state index is -0.506. The number of nitrogens with one attached hydrogen (secondary N) is 1. The van der Waals surface area contributed by atoms with Crippen LogP contribution in [-0.2, 0) is 16.1 Å². The van der Waals surface area contributed by atoms with E-state index in [4.69, 9.17) is 10.5 Å². The third-order valence-corrected chi connectivity index (χ3v) is 3.42. The Morgan fingerprint density at radius 3 is 2.81 bits per heavy atom. The molecule has 1 aromatic rings. The third-order valence-electron chi connectivity index (χ3n) is 3.42. The molecule has 6 nitrogen and oxygen atoms in total. The molecule has 1 fully saturated rings. The number of benzene rings is 1. The third kappa shape index (κ3) is 4.46. The van der Waals surface area contributed by atoms with Gasteiger partial charge in [-0.3, -0.25) is 4.79 Å². The summed E-state index contributed by atoms with van der Waals surface area (Å²) >= 11 is 0. The molecule has 2 amide bonds. The summed E-state index contributed by atoms with van der Waals surface area (Å²) in [4.78, 5) is 25.1. The van der Waals surface area contributed by atoms with Gasteiger partial charge in [0.2, 0.25) is 5.91 Å². The minimum Gasteiger partial charge on any atom is -0.445 e. The Morgan fingerprint density at radius 1 is 1.43 bits per heavy atom. The van der Waals surface area contributed by atoms with Gasteiger partial charge in [0, 0.05) is 13.1 Å². The Bertz CT molecular complexity index is 490. The number of ether oxygens (including phenoxy) is 1. The summed E-state index contributed by atoms with van der Waals surface area (Å²) in [5, 5.41) is 2.78. The molecule has 0 aromatic heterocycles. The van der Waals surface area contributed by atoms with E-state index in [2.05, 4.69) is 5.32 Å². The molecular weight excluding hydrogens is 270 g/mol. The summed E-state index contributed by atoms with van der Waals surface area (Å²) in [7, 11) is 0. The molecule has 114 valence electrons. The first-order valence-electron chi connectivity index (χ1n) is 7.08. The highest BCUT2D eigenvalue weighted by Crippen LogP contribution is 2.10. The van der Waals surface area contributed by atoms with E-state index in [0.29, 0.717) is 13.1 Å². The largest absolute Gasteiger partial charge is 0.445 e. The van der Waals surface area contributed by atoms with Crippen LogP contribution < -0.4 is 11.1 Å². The second-order valence-electron chi connectivity index (χ2n) is 5.26. The molecule has 1 aromatic carbocycles. The molecule has 0 aliphatic carbocycles. The maximum Gasteiger partial charge on any atom is 0.407 e. The molecule has 2 atom stereocenters. The van der Waals surface area contributed by atoms with Gasteiger partial charge in [0.05, 0.1) is 12.1 Å². The lowest BCUT2D eigenvalue weighted by Crippen LogP contribution is -2.43. The van der Waals surface area contributed by atoms with Crippen molar-refractivity contribution in [1.82, 2.24) is 10.2 Å². The molecule has 0 spiro atoms. The Labute approximate surface area is 124 Å². The molecule has 0 saturated carbocycles. The molecule has 2 rings (SSSR count). The average Bonchev–Trinajstić information content (AvgIpc) is 2.93. The van der Waals surface area contributed by atoms with Gasteiger partial charge in [0.1, 0.15) is 6.61 Å². The maximum atomic E-state index is 11.7. The summed E-state index contributed by atoms with van der Waals surface area (Å²) in [6, 6.07) is 8.91. The quantitative estimate of drug-likeness (QED) is 0.861. The van der Waals surface area contributed by atoms with Gasteiger partial charge in [-0.15, -0.1) is 0 Å². The predicted octanol–water partition coefficient (Wildman–Crippen LogP) is 0.861. The highest BCUT2D eigenvalue weighted by molar-refractivity contribution is 5.81. The van der Waals surface area contributed by atoms with E-state index in [-0.39, 0.29) is 18.6 Å². The molecule has 1 aliphatic rings. The van der Waals surface area contributed by atoms with E-state index in [1.807, 2.05) is 30.3 Å². The number of likely N-dealkylation sites (tertiary alicyclic amines) is 1. The molecule has 0 bridgehead atoms. The number of nitrogens with zero attached hydrogens (tertiary/aromatic N) is 1. The molecule has 1 aliphatic heterocycles. The Balaban J connectivity index is 1.73. The van der Waals surface area contributed by atoms with Gasteiger partial charge in [0.15, 0.2) is 0 Å². The highest BCUT2D eigenvalue weighted by atomic mass is 16.5. The van der Waals surface area contributed by atoms with Gasteiger partial charge >= 0.3 is 6.09 Å². The molecule has 1 saturated heterocycles. The van der Waals surface area contributed by atoms with E-state index in [0.717, 1.165) is 12.0 Å². The van der Waals surface area contributed by atoms with Crippen LogP contribution in [0.25, 0.3) is 0 Å². The van der Waals surface area contributed by atoms with Crippen LogP contribution in [0.5, 0.6) is 0 Å². The number of amides is 2. The van der Waals surface area contributed by atoms with Crippen LogP contribution in [0.3, 0.4) is 0 Å². The van der Waals surface area contributed by atoms with Gasteiger partial charge in [-0.1, -0.05) is 30.3 Å². The van der Waals surface area contributed by atoms with Crippen LogP contribution in [0.1, 0.15) is 18.9 Å². The van der Waals surface area contributed by atoms with E-state index in [1.54, 1.807) is 11.8 Å². The number of hydrogen-bond acceptors (Lipinski definition) is 4. The van der Waals surface area contributed by atoms with Gasteiger partial charge in [-0.2, -0.15) is 0 Å². The molecule has 21 heavy (non-hydrogen) atoms. The molecule has 3 N–H and O–H groups in total. The van der Waals surface area contributed by atoms with Crippen molar-refractivity contribution in [3.8, 4) is 0 Å². The lowest BCUT2D eigenvalue weighted by Gasteiger charge is -2.18. The van der Waals surface area contributed by atoms with Crippen LogP contribution in [0, 0.1) is 0 Å². The molecule has 0 unspecified atom stereocenters. The zero-order valence-corrected chi connectivity index (χ0v) is 12.1. The van der Waals surface area contributed by atoms with Gasteiger partial charge in [-0.05, 0) is 18.9 Å². The lowest BCUT2D eigenvalue weighted by atomic mass is 10.2. The fourth-order valence-corrected chi connectivity index (χ4v) is 2.30. The molecular formula is C15H21N3O3. The van der Waals surface area contributed by atoms with Crippen molar-refractivity contribution < 1.29 is 14.3 Å². The monoisotopic (exact) mass is 291 g/mol. The van der Waals surface area contributed by atoms with Crippen molar-refractivity contribution in [2.75, 3.05) is 13.1 Å². The zero-order chi connectivity index (χ0) is 15.2. The van der Waals surface area contributed by atoms with Crippen molar-refractivity contribution in [3.63, 3.8) is 0 Å². The Morgan fingerprint density at radius 2 is 2.14 bits per heavy atom. The second kappa shape index (κ2) is 7.08. The van der Waals surface area contributed by atoms with Crippen molar-refractivity contribution in [1.29, 1.82) is 0 Å². The van der Waals surface area contributed by atoms with Gasteiger partial charge < -0.3 is 20.7 Å². The topological polar surface area (TPSA) is 84.7 Å². The minimum absolute atomic E-state index is 0.0732. The first-order valence-corrected chi connectivity index (χ1v) is 7.08. The first kappa shape index (κ1) is 15.3. The van der Waals surface area contributed by atoms with Crippen LogP contribution >= 0.6 is 0 Å². The number of carbonyl (C=O) groups is 2. The highest BCUT2D eigenvalue weighted by Gasteiger charge is 2.28. The van der Waals surface area contributed by atoms with Gasteiger partial charge in [0.25, 0.3) is 0 Å². The first-order chi connectivity index (χ1) is 10.1. The van der Waals surface area contributed by atoms with E-state index < -0.39 is 12.1 Å². The summed E-state index contributed by atoms with van der Waals surface area (Å²) in [6.45, 7) is 3.00. The van der Waals surface area contributed by atoms with Gasteiger partial charge in [-0.25, -0.2) is 4.79 Å². The van der Waals surface area contributed by atoms with Crippen LogP contribution in [0.4, 0.5) is 4.79 Å². The van der Waals surface area contributed by atoms with Crippen molar-refractivity contribution in [2.45, 2.75) is 32.0 Å². The Kier molecular flexibility index (Phi) is 5.16. The van der Waals surface area contributed by atoms with Crippen molar-refractivity contribution in [2.24, 2.45) is 5.73 Å². The second-order valence-corrected chi connectivity index (χ2v) is 5.26. The number of alkyl carbamates (subject to hydrolysis) is 1. The number of rotatable bonds is 4. The fourth-order valence-electron chi connectivity index (χ4n) is 2.30. The maximum absolute atomic E-state index is 11.7. The van der Waals surface area contributed by atoms with E-state index in [1.165, 1.54) is 0 Å². The molecule has 1 heterocycles. The lowest BCUT2D eigenvalue weighted by molar-refractivity contribution is -0.131. The normalized spacial score (nSPS) is 19.1. The number of hydrogen-bond donors (Lipinski definition) is 2.